The predicted molar refractivity (Wildman–Crippen MR) is 105 cm³/mol. The zero-order valence-corrected chi connectivity index (χ0v) is 16.2. The van der Waals surface area contributed by atoms with E-state index in [1.807, 2.05) is 31.2 Å². The van der Waals surface area contributed by atoms with E-state index in [9.17, 15) is 8.42 Å². The number of rotatable bonds is 5. The van der Waals surface area contributed by atoms with Gasteiger partial charge >= 0.3 is 0 Å². The average molecular weight is 375 g/mol. The molecule has 2 aromatic carbocycles. The maximum absolute atomic E-state index is 12.6. The van der Waals surface area contributed by atoms with Gasteiger partial charge < -0.3 is 14.5 Å². The number of piperazine rings is 1. The van der Waals surface area contributed by atoms with E-state index >= 15 is 0 Å². The molecule has 0 atom stereocenters. The van der Waals surface area contributed by atoms with Crippen molar-refractivity contribution < 1.29 is 13.2 Å². The van der Waals surface area contributed by atoms with Crippen LogP contribution in [0.2, 0.25) is 0 Å². The first-order valence-corrected chi connectivity index (χ1v) is 10.1. The van der Waals surface area contributed by atoms with Crippen LogP contribution in [0, 0.1) is 6.92 Å². The SMILES string of the molecule is COc1ccc(S(=O)(=O)Nc2ccc(N3CCN(C)CC3)cc2)cc1C. The summed E-state index contributed by atoms with van der Waals surface area (Å²) in [5.41, 5.74) is 2.44. The lowest BCUT2D eigenvalue weighted by atomic mass is 10.2. The van der Waals surface area contributed by atoms with Gasteiger partial charge in [0.05, 0.1) is 12.0 Å². The number of ether oxygens (including phenoxy) is 1. The number of nitrogens with zero attached hydrogens (tertiary/aromatic N) is 2. The molecule has 140 valence electrons. The van der Waals surface area contributed by atoms with Crippen molar-refractivity contribution in [3.8, 4) is 5.75 Å². The Hall–Kier alpha value is -2.25. The van der Waals surface area contributed by atoms with Crippen molar-refractivity contribution in [1.29, 1.82) is 0 Å². The number of nitrogens with one attached hydrogen (secondary N) is 1. The number of sulfonamides is 1. The minimum Gasteiger partial charge on any atom is -0.496 e. The predicted octanol–water partition coefficient (Wildman–Crippen LogP) is 2.56. The van der Waals surface area contributed by atoms with Crippen molar-refractivity contribution in [1.82, 2.24) is 4.90 Å². The Balaban J connectivity index is 1.72. The topological polar surface area (TPSA) is 61.9 Å². The second-order valence-corrected chi connectivity index (χ2v) is 8.26. The molecule has 1 aliphatic rings. The van der Waals surface area contributed by atoms with E-state index in [2.05, 4.69) is 21.6 Å². The van der Waals surface area contributed by atoms with Gasteiger partial charge in [0.1, 0.15) is 5.75 Å². The van der Waals surface area contributed by atoms with Crippen LogP contribution < -0.4 is 14.4 Å². The highest BCUT2D eigenvalue weighted by atomic mass is 32.2. The van der Waals surface area contributed by atoms with Crippen molar-refractivity contribution >= 4 is 21.4 Å². The lowest BCUT2D eigenvalue weighted by Crippen LogP contribution is -2.44. The van der Waals surface area contributed by atoms with Gasteiger partial charge in [-0.3, -0.25) is 4.72 Å². The molecular weight excluding hydrogens is 350 g/mol. The van der Waals surface area contributed by atoms with E-state index in [1.54, 1.807) is 25.3 Å². The Morgan fingerprint density at radius 2 is 1.65 bits per heavy atom. The second kappa shape index (κ2) is 7.55. The van der Waals surface area contributed by atoms with Crippen LogP contribution >= 0.6 is 0 Å². The number of methoxy groups -OCH3 is 1. The van der Waals surface area contributed by atoms with Crippen LogP contribution in [0.25, 0.3) is 0 Å². The first-order chi connectivity index (χ1) is 12.4. The van der Waals surface area contributed by atoms with Gasteiger partial charge in [0.15, 0.2) is 0 Å². The molecule has 0 aromatic heterocycles. The van der Waals surface area contributed by atoms with Gasteiger partial charge in [0, 0.05) is 37.6 Å². The van der Waals surface area contributed by atoms with Crippen LogP contribution in [0.5, 0.6) is 5.75 Å². The molecule has 26 heavy (non-hydrogen) atoms. The van der Waals surface area contributed by atoms with Gasteiger partial charge in [0.25, 0.3) is 10.0 Å². The van der Waals surface area contributed by atoms with Gasteiger partial charge in [0.2, 0.25) is 0 Å². The van der Waals surface area contributed by atoms with Gasteiger partial charge in [-0.15, -0.1) is 0 Å². The van der Waals surface area contributed by atoms with Crippen LogP contribution in [0.3, 0.4) is 0 Å². The van der Waals surface area contributed by atoms with Crippen LogP contribution in [0.1, 0.15) is 5.56 Å². The molecule has 3 rings (SSSR count). The molecule has 0 saturated carbocycles. The van der Waals surface area contributed by atoms with E-state index in [0.29, 0.717) is 11.4 Å². The van der Waals surface area contributed by atoms with Crippen LogP contribution in [0.15, 0.2) is 47.4 Å². The van der Waals surface area contributed by atoms with Crippen molar-refractivity contribution in [2.24, 2.45) is 0 Å². The monoisotopic (exact) mass is 375 g/mol. The molecule has 2 aromatic rings. The minimum absolute atomic E-state index is 0.221. The minimum atomic E-state index is -3.63. The fourth-order valence-electron chi connectivity index (χ4n) is 3.04. The van der Waals surface area contributed by atoms with E-state index in [-0.39, 0.29) is 4.90 Å². The van der Waals surface area contributed by atoms with Crippen molar-refractivity contribution in [3.63, 3.8) is 0 Å². The molecule has 1 N–H and O–H groups in total. The summed E-state index contributed by atoms with van der Waals surface area (Å²) in [5, 5.41) is 0. The number of benzene rings is 2. The Kier molecular flexibility index (Phi) is 5.38. The quantitative estimate of drug-likeness (QED) is 0.870. The third-order valence-electron chi connectivity index (χ3n) is 4.66. The largest absolute Gasteiger partial charge is 0.496 e. The van der Waals surface area contributed by atoms with E-state index in [4.69, 9.17) is 4.74 Å². The van der Waals surface area contributed by atoms with E-state index in [0.717, 1.165) is 37.4 Å². The molecule has 1 heterocycles. The van der Waals surface area contributed by atoms with Crippen LogP contribution in [0.4, 0.5) is 11.4 Å². The molecule has 0 spiro atoms. The molecule has 1 aliphatic heterocycles. The standard InChI is InChI=1S/C19H25N3O3S/c1-15-14-18(8-9-19(15)25-3)26(23,24)20-16-4-6-17(7-5-16)22-12-10-21(2)11-13-22/h4-9,14,20H,10-13H2,1-3H3. The number of anilines is 2. The summed E-state index contributed by atoms with van der Waals surface area (Å²) in [6.07, 6.45) is 0. The molecular formula is C19H25N3O3S. The smallest absolute Gasteiger partial charge is 0.261 e. The van der Waals surface area contributed by atoms with Crippen molar-refractivity contribution in [3.05, 3.63) is 48.0 Å². The molecule has 7 heteroatoms. The zero-order valence-electron chi connectivity index (χ0n) is 15.4. The van der Waals surface area contributed by atoms with Crippen molar-refractivity contribution in [2.75, 3.05) is 50.0 Å². The Morgan fingerprint density at radius 1 is 1.00 bits per heavy atom. The van der Waals surface area contributed by atoms with E-state index in [1.165, 1.54) is 0 Å². The average Bonchev–Trinajstić information content (AvgIpc) is 2.63. The number of hydrogen-bond acceptors (Lipinski definition) is 5. The number of aryl methyl sites for hydroxylation is 1. The highest BCUT2D eigenvalue weighted by Gasteiger charge is 2.17. The molecule has 0 aliphatic carbocycles. The zero-order chi connectivity index (χ0) is 18.7. The van der Waals surface area contributed by atoms with Crippen molar-refractivity contribution in [2.45, 2.75) is 11.8 Å². The summed E-state index contributed by atoms with van der Waals surface area (Å²) in [6, 6.07) is 12.4. The fourth-order valence-corrected chi connectivity index (χ4v) is 4.18. The summed E-state index contributed by atoms with van der Waals surface area (Å²) in [6.45, 7) is 5.85. The lowest BCUT2D eigenvalue weighted by Gasteiger charge is -2.34. The number of likely N-dealkylation sites (N-methyl/N-ethyl adjacent to an activating group) is 1. The Bertz CT molecular complexity index is 858. The third kappa shape index (κ3) is 4.11. The number of hydrogen-bond donors (Lipinski definition) is 1. The molecule has 0 radical (unpaired) electrons. The highest BCUT2D eigenvalue weighted by Crippen LogP contribution is 2.24. The lowest BCUT2D eigenvalue weighted by molar-refractivity contribution is 0.313. The summed E-state index contributed by atoms with van der Waals surface area (Å²) in [5.74, 6) is 0.667. The normalized spacial score (nSPS) is 15.7. The molecule has 0 unspecified atom stereocenters. The highest BCUT2D eigenvalue weighted by molar-refractivity contribution is 7.92. The Labute approximate surface area is 155 Å². The molecule has 1 saturated heterocycles. The third-order valence-corrected chi connectivity index (χ3v) is 6.04. The van der Waals surface area contributed by atoms with E-state index < -0.39 is 10.0 Å². The summed E-state index contributed by atoms with van der Waals surface area (Å²) < 4.78 is 33.0. The maximum atomic E-state index is 12.6. The maximum Gasteiger partial charge on any atom is 0.261 e. The first kappa shape index (κ1) is 18.5. The first-order valence-electron chi connectivity index (χ1n) is 8.60. The second-order valence-electron chi connectivity index (χ2n) is 6.57. The van der Waals surface area contributed by atoms with Gasteiger partial charge in [-0.25, -0.2) is 8.42 Å². The fraction of sp³-hybridized carbons (Fsp3) is 0.368. The molecule has 0 amide bonds. The van der Waals surface area contributed by atoms with Crippen LogP contribution in [-0.2, 0) is 10.0 Å². The van der Waals surface area contributed by atoms with Gasteiger partial charge in [-0.1, -0.05) is 0 Å². The van der Waals surface area contributed by atoms with Crippen LogP contribution in [-0.4, -0.2) is 53.7 Å². The van der Waals surface area contributed by atoms with Gasteiger partial charge in [-0.2, -0.15) is 0 Å². The summed E-state index contributed by atoms with van der Waals surface area (Å²) >= 11 is 0. The molecule has 0 bridgehead atoms. The summed E-state index contributed by atoms with van der Waals surface area (Å²) in [4.78, 5) is 4.83. The summed E-state index contributed by atoms with van der Waals surface area (Å²) in [7, 11) is 0.0556. The van der Waals surface area contributed by atoms with Gasteiger partial charge in [-0.05, 0) is 62.0 Å². The molecule has 6 nitrogen and oxygen atoms in total. The molecule has 1 fully saturated rings. The Morgan fingerprint density at radius 3 is 2.23 bits per heavy atom.